The molecule has 1 atom stereocenters. The van der Waals surface area contributed by atoms with E-state index in [1.807, 2.05) is 11.3 Å². The van der Waals surface area contributed by atoms with Gasteiger partial charge in [-0.3, -0.25) is 0 Å². The van der Waals surface area contributed by atoms with Crippen LogP contribution in [0.3, 0.4) is 0 Å². The SMILES string of the molecule is CCCC1C=C2C(=Cc3cscc32)C1. The highest BCUT2D eigenvalue weighted by Gasteiger charge is 2.27. The zero-order chi connectivity index (χ0) is 9.54. The van der Waals surface area contributed by atoms with Gasteiger partial charge in [-0.25, -0.2) is 0 Å². The molecule has 2 aliphatic carbocycles. The lowest BCUT2D eigenvalue weighted by atomic mass is 10.0. The Morgan fingerprint density at radius 1 is 1.43 bits per heavy atom. The Bertz CT molecular complexity index is 420. The predicted octanol–water partition coefficient (Wildman–Crippen LogP) is 4.35. The number of hydrogen-bond donors (Lipinski definition) is 0. The number of allylic oxidation sites excluding steroid dienone is 3. The van der Waals surface area contributed by atoms with Crippen LogP contribution < -0.4 is 0 Å². The third-order valence-electron chi connectivity index (χ3n) is 3.20. The monoisotopic (exact) mass is 202 g/mol. The molecule has 0 radical (unpaired) electrons. The molecule has 0 nitrogen and oxygen atoms in total. The lowest BCUT2D eigenvalue weighted by molar-refractivity contribution is 0.598. The van der Waals surface area contributed by atoms with E-state index in [2.05, 4.69) is 29.8 Å². The summed E-state index contributed by atoms with van der Waals surface area (Å²) in [5.74, 6) is 0.814. The van der Waals surface area contributed by atoms with Crippen LogP contribution in [0.1, 0.15) is 37.3 Å². The first-order chi connectivity index (χ1) is 6.88. The van der Waals surface area contributed by atoms with Crippen molar-refractivity contribution in [2.24, 2.45) is 5.92 Å². The number of fused-ring (bicyclic) bond motifs is 3. The van der Waals surface area contributed by atoms with Crippen molar-refractivity contribution in [3.63, 3.8) is 0 Å². The average Bonchev–Trinajstić information content (AvgIpc) is 2.75. The van der Waals surface area contributed by atoms with Gasteiger partial charge in [-0.15, -0.1) is 0 Å². The number of hydrogen-bond acceptors (Lipinski definition) is 1. The second-order valence-electron chi connectivity index (χ2n) is 4.24. The van der Waals surface area contributed by atoms with Crippen molar-refractivity contribution in [2.45, 2.75) is 26.2 Å². The van der Waals surface area contributed by atoms with Crippen LogP contribution in [-0.4, -0.2) is 0 Å². The maximum Gasteiger partial charge on any atom is -0.000441 e. The van der Waals surface area contributed by atoms with Gasteiger partial charge in [0.25, 0.3) is 0 Å². The van der Waals surface area contributed by atoms with E-state index in [9.17, 15) is 0 Å². The van der Waals surface area contributed by atoms with E-state index in [4.69, 9.17) is 0 Å². The van der Waals surface area contributed by atoms with Crippen LogP contribution >= 0.6 is 11.3 Å². The van der Waals surface area contributed by atoms with Crippen LogP contribution in [0.15, 0.2) is 22.4 Å². The van der Waals surface area contributed by atoms with Crippen LogP contribution in [-0.2, 0) is 0 Å². The summed E-state index contributed by atoms with van der Waals surface area (Å²) < 4.78 is 0. The summed E-state index contributed by atoms with van der Waals surface area (Å²) in [6.45, 7) is 2.27. The summed E-state index contributed by atoms with van der Waals surface area (Å²) in [6.07, 6.45) is 8.81. The van der Waals surface area contributed by atoms with Crippen molar-refractivity contribution in [2.75, 3.05) is 0 Å². The Labute approximate surface area is 89.0 Å². The molecular formula is C13H14S. The molecule has 0 fully saturated rings. The minimum atomic E-state index is 0.814. The van der Waals surface area contributed by atoms with Gasteiger partial charge in [0.2, 0.25) is 0 Å². The molecule has 72 valence electrons. The molecule has 0 saturated carbocycles. The van der Waals surface area contributed by atoms with Gasteiger partial charge >= 0.3 is 0 Å². The van der Waals surface area contributed by atoms with Crippen LogP contribution in [0.2, 0.25) is 0 Å². The Morgan fingerprint density at radius 3 is 3.21 bits per heavy atom. The molecule has 14 heavy (non-hydrogen) atoms. The maximum absolute atomic E-state index is 2.49. The predicted molar refractivity (Wildman–Crippen MR) is 63.3 cm³/mol. The standard InChI is InChI=1S/C13H14S/c1-2-3-9-4-10-6-11-7-14-8-13(11)12(10)5-9/h5-9H,2-4H2,1H3. The fourth-order valence-electron chi connectivity index (χ4n) is 2.58. The highest BCUT2D eigenvalue weighted by atomic mass is 32.1. The Morgan fingerprint density at radius 2 is 2.36 bits per heavy atom. The largest absolute Gasteiger partial charge is 0.151 e. The molecule has 0 aliphatic heterocycles. The normalized spacial score (nSPS) is 23.1. The third-order valence-corrected chi connectivity index (χ3v) is 3.96. The van der Waals surface area contributed by atoms with Gasteiger partial charge in [-0.1, -0.05) is 19.4 Å². The van der Waals surface area contributed by atoms with Crippen molar-refractivity contribution >= 4 is 23.0 Å². The smallest absolute Gasteiger partial charge is 0.000441 e. The molecular weight excluding hydrogens is 188 g/mol. The molecule has 0 bridgehead atoms. The first kappa shape index (κ1) is 8.49. The molecule has 0 amide bonds. The van der Waals surface area contributed by atoms with Gasteiger partial charge in [-0.05, 0) is 57.9 Å². The van der Waals surface area contributed by atoms with Crippen LogP contribution in [0.5, 0.6) is 0 Å². The first-order valence-corrected chi connectivity index (χ1v) is 6.32. The molecule has 0 saturated heterocycles. The second kappa shape index (κ2) is 3.09. The lowest BCUT2D eigenvalue weighted by Gasteiger charge is -2.03. The quantitative estimate of drug-likeness (QED) is 0.669. The zero-order valence-corrected chi connectivity index (χ0v) is 9.23. The van der Waals surface area contributed by atoms with Gasteiger partial charge in [0.15, 0.2) is 0 Å². The minimum absolute atomic E-state index is 0.814. The number of thiophene rings is 1. The van der Waals surface area contributed by atoms with E-state index in [-0.39, 0.29) is 0 Å². The van der Waals surface area contributed by atoms with Crippen molar-refractivity contribution in [1.29, 1.82) is 0 Å². The zero-order valence-electron chi connectivity index (χ0n) is 8.42. The van der Waals surface area contributed by atoms with Gasteiger partial charge in [-0.2, -0.15) is 11.3 Å². The van der Waals surface area contributed by atoms with E-state index < -0.39 is 0 Å². The Balaban J connectivity index is 1.97. The third kappa shape index (κ3) is 1.12. The summed E-state index contributed by atoms with van der Waals surface area (Å²) in [7, 11) is 0. The Hall–Kier alpha value is -0.820. The molecule has 0 aromatic carbocycles. The topological polar surface area (TPSA) is 0 Å². The van der Waals surface area contributed by atoms with Gasteiger partial charge in [0.1, 0.15) is 0 Å². The number of rotatable bonds is 2. The van der Waals surface area contributed by atoms with E-state index in [1.165, 1.54) is 30.4 Å². The highest BCUT2D eigenvalue weighted by molar-refractivity contribution is 7.08. The van der Waals surface area contributed by atoms with E-state index >= 15 is 0 Å². The first-order valence-electron chi connectivity index (χ1n) is 5.38. The van der Waals surface area contributed by atoms with Crippen molar-refractivity contribution in [1.82, 2.24) is 0 Å². The summed E-state index contributed by atoms with van der Waals surface area (Å²) in [4.78, 5) is 0. The molecule has 1 unspecified atom stereocenters. The summed E-state index contributed by atoms with van der Waals surface area (Å²) >= 11 is 1.82. The lowest BCUT2D eigenvalue weighted by Crippen LogP contribution is -1.89. The molecule has 1 heterocycles. The van der Waals surface area contributed by atoms with Crippen LogP contribution in [0.25, 0.3) is 11.6 Å². The van der Waals surface area contributed by atoms with Crippen molar-refractivity contribution in [3.05, 3.63) is 33.5 Å². The molecule has 1 aromatic rings. The molecule has 3 rings (SSSR count). The van der Waals surface area contributed by atoms with Gasteiger partial charge in [0.05, 0.1) is 0 Å². The van der Waals surface area contributed by atoms with Crippen LogP contribution in [0.4, 0.5) is 0 Å². The van der Waals surface area contributed by atoms with E-state index in [0.29, 0.717) is 0 Å². The van der Waals surface area contributed by atoms with E-state index in [0.717, 1.165) is 5.92 Å². The minimum Gasteiger partial charge on any atom is -0.151 e. The summed E-state index contributed by atoms with van der Waals surface area (Å²) in [5, 5.41) is 4.55. The molecule has 0 N–H and O–H groups in total. The van der Waals surface area contributed by atoms with Crippen LogP contribution in [0, 0.1) is 5.92 Å². The summed E-state index contributed by atoms with van der Waals surface area (Å²) in [5.41, 5.74) is 6.07. The van der Waals surface area contributed by atoms with Crippen molar-refractivity contribution in [3.8, 4) is 0 Å². The molecule has 1 aromatic heterocycles. The summed E-state index contributed by atoms with van der Waals surface area (Å²) in [6, 6.07) is 0. The van der Waals surface area contributed by atoms with E-state index in [1.54, 1.807) is 11.1 Å². The second-order valence-corrected chi connectivity index (χ2v) is 4.99. The molecule has 1 heteroatoms. The van der Waals surface area contributed by atoms with Crippen molar-refractivity contribution < 1.29 is 0 Å². The van der Waals surface area contributed by atoms with Gasteiger partial charge < -0.3 is 0 Å². The fraction of sp³-hybridized carbons (Fsp3) is 0.385. The Kier molecular flexibility index (Phi) is 1.88. The fourth-order valence-corrected chi connectivity index (χ4v) is 3.38. The molecule has 0 spiro atoms. The molecule has 2 aliphatic rings. The highest BCUT2D eigenvalue weighted by Crippen LogP contribution is 2.46. The van der Waals surface area contributed by atoms with Gasteiger partial charge in [0, 0.05) is 0 Å². The average molecular weight is 202 g/mol. The maximum atomic E-state index is 2.49.